The third kappa shape index (κ3) is 3.57. The van der Waals surface area contributed by atoms with Gasteiger partial charge in [0.15, 0.2) is 0 Å². The summed E-state index contributed by atoms with van der Waals surface area (Å²) >= 11 is 0. The van der Waals surface area contributed by atoms with Crippen molar-refractivity contribution in [3.63, 3.8) is 0 Å². The fourth-order valence-corrected chi connectivity index (χ4v) is 6.06. The first kappa shape index (κ1) is 25.2. The summed E-state index contributed by atoms with van der Waals surface area (Å²) in [6.07, 6.45) is 0. The molecule has 38 heavy (non-hydrogen) atoms. The minimum atomic E-state index is -1.53. The van der Waals surface area contributed by atoms with E-state index < -0.39 is 7.12 Å². The summed E-state index contributed by atoms with van der Waals surface area (Å²) in [7, 11) is -1.53. The van der Waals surface area contributed by atoms with E-state index in [-0.39, 0.29) is 16.2 Å². The summed E-state index contributed by atoms with van der Waals surface area (Å²) in [6, 6.07) is 20.1. The predicted octanol–water partition coefficient (Wildman–Crippen LogP) is 7.56. The van der Waals surface area contributed by atoms with Crippen molar-refractivity contribution in [1.82, 2.24) is 4.40 Å². The van der Waals surface area contributed by atoms with Crippen molar-refractivity contribution in [1.29, 1.82) is 0 Å². The van der Waals surface area contributed by atoms with Crippen molar-refractivity contribution >= 4 is 61.4 Å². The molecule has 3 nitrogen and oxygen atoms in total. The maximum absolute atomic E-state index is 10.4. The monoisotopic (exact) mass is 503 g/mol. The van der Waals surface area contributed by atoms with Crippen LogP contribution in [0, 0.1) is 0 Å². The molecule has 2 aromatic heterocycles. The highest BCUT2D eigenvalue weighted by Gasteiger charge is 2.27. The number of rotatable bonds is 1. The van der Waals surface area contributed by atoms with Gasteiger partial charge in [0, 0.05) is 21.5 Å². The van der Waals surface area contributed by atoms with E-state index in [4.69, 9.17) is 0 Å². The average molecular weight is 503 g/mol. The minimum absolute atomic E-state index is 0.0168. The summed E-state index contributed by atoms with van der Waals surface area (Å²) < 4.78 is 2.42. The van der Waals surface area contributed by atoms with Crippen LogP contribution in [-0.2, 0) is 16.2 Å². The average Bonchev–Trinajstić information content (AvgIpc) is 3.32. The molecule has 194 valence electrons. The van der Waals surface area contributed by atoms with E-state index in [9.17, 15) is 10.0 Å². The SMILES string of the molecule is CC(C)(C)c1cc(B(O)O)c2ccc3c(c2c1)c1cc(C(C)(C)C)cc2c4cc(C(C)(C)C)ccc4n3c21. The van der Waals surface area contributed by atoms with Crippen LogP contribution in [0.25, 0.3) is 48.9 Å². The highest BCUT2D eigenvalue weighted by atomic mass is 16.4. The fourth-order valence-electron chi connectivity index (χ4n) is 6.06. The zero-order valence-corrected chi connectivity index (χ0v) is 24.1. The molecule has 4 heteroatoms. The molecule has 0 aliphatic carbocycles. The highest BCUT2D eigenvalue weighted by molar-refractivity contribution is 6.62. The third-order valence-corrected chi connectivity index (χ3v) is 8.39. The number of hydrogen-bond acceptors (Lipinski definition) is 2. The molecule has 0 unspecified atom stereocenters. The number of nitrogens with zero attached hydrogens (tertiary/aromatic N) is 1. The highest BCUT2D eigenvalue weighted by Crippen LogP contribution is 2.45. The second kappa shape index (κ2) is 7.74. The summed E-state index contributed by atoms with van der Waals surface area (Å²) in [5, 5.41) is 27.7. The van der Waals surface area contributed by atoms with Crippen molar-refractivity contribution in [2.24, 2.45) is 0 Å². The first-order valence-corrected chi connectivity index (χ1v) is 13.7. The summed E-state index contributed by atoms with van der Waals surface area (Å²) in [6.45, 7) is 20.2. The van der Waals surface area contributed by atoms with Gasteiger partial charge in [-0.25, -0.2) is 0 Å². The van der Waals surface area contributed by atoms with Crippen LogP contribution in [0.2, 0.25) is 0 Å². The van der Waals surface area contributed by atoms with Crippen molar-refractivity contribution in [2.75, 3.05) is 0 Å². The molecular weight excluding hydrogens is 465 g/mol. The molecule has 6 aromatic rings. The zero-order chi connectivity index (χ0) is 27.5. The van der Waals surface area contributed by atoms with Gasteiger partial charge in [-0.3, -0.25) is 0 Å². The lowest BCUT2D eigenvalue weighted by atomic mass is 9.73. The largest absolute Gasteiger partial charge is 0.489 e. The normalized spacial score (nSPS) is 13.7. The topological polar surface area (TPSA) is 44.9 Å². The van der Waals surface area contributed by atoms with E-state index in [0.717, 1.165) is 21.9 Å². The molecule has 2 N–H and O–H groups in total. The molecule has 0 fully saturated rings. The van der Waals surface area contributed by atoms with Gasteiger partial charge in [-0.2, -0.15) is 0 Å². The lowest BCUT2D eigenvalue weighted by molar-refractivity contribution is 0.426. The van der Waals surface area contributed by atoms with Gasteiger partial charge in [-0.1, -0.05) is 80.5 Å². The Morgan fingerprint density at radius 3 is 1.66 bits per heavy atom. The van der Waals surface area contributed by atoms with E-state index in [2.05, 4.69) is 115 Å². The molecule has 0 radical (unpaired) electrons. The van der Waals surface area contributed by atoms with Gasteiger partial charge in [0.1, 0.15) is 0 Å². The van der Waals surface area contributed by atoms with E-state index in [0.29, 0.717) is 5.46 Å². The molecule has 0 saturated heterocycles. The molecule has 6 rings (SSSR count). The number of fused-ring (bicyclic) bond motifs is 8. The molecule has 0 spiro atoms. The second-order valence-electron chi connectivity index (χ2n) is 14.2. The molecule has 0 atom stereocenters. The number of benzene rings is 4. The summed E-state index contributed by atoms with van der Waals surface area (Å²) in [4.78, 5) is 0. The molecule has 0 aliphatic heterocycles. The summed E-state index contributed by atoms with van der Waals surface area (Å²) in [5.41, 5.74) is 7.84. The smallest absolute Gasteiger partial charge is 0.423 e. The first-order valence-electron chi connectivity index (χ1n) is 13.7. The van der Waals surface area contributed by atoms with Crippen LogP contribution in [0.3, 0.4) is 0 Å². The van der Waals surface area contributed by atoms with Crippen molar-refractivity contribution in [3.05, 3.63) is 71.3 Å². The quantitative estimate of drug-likeness (QED) is 0.228. The molecule has 4 aromatic carbocycles. The molecule has 0 saturated carbocycles. The molecule has 0 bridgehead atoms. The number of hydrogen-bond donors (Lipinski definition) is 2. The van der Waals surface area contributed by atoms with Crippen LogP contribution in [0.15, 0.2) is 54.6 Å². The van der Waals surface area contributed by atoms with Gasteiger partial charge in [0.05, 0.1) is 16.6 Å². The fraction of sp³-hybridized carbons (Fsp3) is 0.353. The second-order valence-corrected chi connectivity index (χ2v) is 14.2. The van der Waals surface area contributed by atoms with E-state index >= 15 is 0 Å². The van der Waals surface area contributed by atoms with E-state index in [1.807, 2.05) is 6.07 Å². The van der Waals surface area contributed by atoms with Crippen LogP contribution in [0.4, 0.5) is 0 Å². The van der Waals surface area contributed by atoms with Crippen molar-refractivity contribution in [3.8, 4) is 0 Å². The Labute approximate surface area is 225 Å². The summed E-state index contributed by atoms with van der Waals surface area (Å²) in [5.74, 6) is 0. The standard InChI is InChI=1S/C34H38BNO2/c1-32(2,3)19-10-12-28-23(14-19)25-16-20(33(4,5)6)17-26-30-24-15-21(34(7,8)9)18-27(35(37)38)22(24)11-13-29(30)36(28)31(25)26/h10-18,37-38H,1-9H3. The van der Waals surface area contributed by atoms with Gasteiger partial charge in [-0.15, -0.1) is 0 Å². The van der Waals surface area contributed by atoms with Crippen LogP contribution in [0.5, 0.6) is 0 Å². The lowest BCUT2D eigenvalue weighted by Crippen LogP contribution is -2.32. The zero-order valence-electron chi connectivity index (χ0n) is 24.1. The van der Waals surface area contributed by atoms with Crippen LogP contribution >= 0.6 is 0 Å². The van der Waals surface area contributed by atoms with Gasteiger partial charge < -0.3 is 14.4 Å². The third-order valence-electron chi connectivity index (χ3n) is 8.39. The Bertz CT molecular complexity index is 1890. The Morgan fingerprint density at radius 1 is 0.526 bits per heavy atom. The molecular formula is C34H38BNO2. The van der Waals surface area contributed by atoms with Crippen LogP contribution < -0.4 is 5.46 Å². The Morgan fingerprint density at radius 2 is 1.05 bits per heavy atom. The van der Waals surface area contributed by atoms with Crippen molar-refractivity contribution in [2.45, 2.75) is 78.6 Å². The van der Waals surface area contributed by atoms with E-state index in [1.54, 1.807) is 0 Å². The van der Waals surface area contributed by atoms with Crippen LogP contribution in [-0.4, -0.2) is 21.6 Å². The predicted molar refractivity (Wildman–Crippen MR) is 165 cm³/mol. The Balaban J connectivity index is 1.89. The Hall–Kier alpha value is -3.08. The van der Waals surface area contributed by atoms with Gasteiger partial charge in [0.2, 0.25) is 0 Å². The number of aromatic nitrogens is 1. The van der Waals surface area contributed by atoms with E-state index in [1.165, 1.54) is 43.7 Å². The minimum Gasteiger partial charge on any atom is -0.423 e. The van der Waals surface area contributed by atoms with Crippen LogP contribution in [0.1, 0.15) is 79.0 Å². The lowest BCUT2D eigenvalue weighted by Gasteiger charge is -2.22. The van der Waals surface area contributed by atoms with Gasteiger partial charge in [0.25, 0.3) is 0 Å². The van der Waals surface area contributed by atoms with Crippen molar-refractivity contribution < 1.29 is 10.0 Å². The molecule has 0 amide bonds. The Kier molecular flexibility index (Phi) is 5.14. The van der Waals surface area contributed by atoms with Gasteiger partial charge >= 0.3 is 7.12 Å². The maximum atomic E-state index is 10.4. The first-order chi connectivity index (χ1) is 17.6. The molecule has 0 aliphatic rings. The molecule has 2 heterocycles. The van der Waals surface area contributed by atoms with Gasteiger partial charge in [-0.05, 0) is 85.6 Å². The maximum Gasteiger partial charge on any atom is 0.489 e.